The lowest BCUT2D eigenvalue weighted by molar-refractivity contribution is 0.239. The summed E-state index contributed by atoms with van der Waals surface area (Å²) in [5.41, 5.74) is 8.50. The van der Waals surface area contributed by atoms with Crippen LogP contribution in [0.4, 0.5) is 0 Å². The van der Waals surface area contributed by atoms with Crippen LogP contribution in [0.5, 0.6) is 0 Å². The summed E-state index contributed by atoms with van der Waals surface area (Å²) in [5.74, 6) is 0. The van der Waals surface area contributed by atoms with Gasteiger partial charge in [0.15, 0.2) is 0 Å². The summed E-state index contributed by atoms with van der Waals surface area (Å²) in [6.45, 7) is 2.78. The number of nitrogens with two attached hydrogens (primary N) is 1. The fraction of sp³-hybridized carbons (Fsp3) is 0.538. The third-order valence-electron chi connectivity index (χ3n) is 3.35. The molecule has 2 nitrogen and oxygen atoms in total. The van der Waals surface area contributed by atoms with Crippen molar-refractivity contribution in [3.63, 3.8) is 0 Å². The zero-order valence-electron chi connectivity index (χ0n) is 9.91. The molecule has 0 aromatic heterocycles. The third kappa shape index (κ3) is 2.47. The number of likely N-dealkylation sites (N-methyl/N-ethyl adjacent to an activating group) is 1. The van der Waals surface area contributed by atoms with Gasteiger partial charge in [-0.2, -0.15) is 0 Å². The van der Waals surface area contributed by atoms with E-state index in [2.05, 4.69) is 53.0 Å². The summed E-state index contributed by atoms with van der Waals surface area (Å²) < 4.78 is 1.18. The van der Waals surface area contributed by atoms with E-state index in [1.807, 2.05) is 0 Å². The maximum Gasteiger partial charge on any atom is 0.0481 e. The topological polar surface area (TPSA) is 29.3 Å². The quantitative estimate of drug-likeness (QED) is 0.920. The van der Waals surface area contributed by atoms with Gasteiger partial charge in [-0.05, 0) is 44.0 Å². The van der Waals surface area contributed by atoms with Crippen LogP contribution in [0, 0.1) is 6.92 Å². The summed E-state index contributed by atoms with van der Waals surface area (Å²) in [6.07, 6.45) is 2.63. The molecule has 1 aromatic carbocycles. The first kappa shape index (κ1) is 12.1. The van der Waals surface area contributed by atoms with Crippen LogP contribution >= 0.6 is 15.9 Å². The van der Waals surface area contributed by atoms with E-state index in [4.69, 9.17) is 5.73 Å². The normalized spacial score (nSPS) is 17.8. The molecule has 1 aliphatic rings. The van der Waals surface area contributed by atoms with E-state index in [1.54, 1.807) is 0 Å². The molecule has 1 aliphatic carbocycles. The van der Waals surface area contributed by atoms with Crippen LogP contribution in [0.1, 0.15) is 30.0 Å². The Morgan fingerprint density at radius 1 is 1.50 bits per heavy atom. The van der Waals surface area contributed by atoms with Crippen molar-refractivity contribution < 1.29 is 0 Å². The highest BCUT2D eigenvalue weighted by molar-refractivity contribution is 9.10. The number of aryl methyl sites for hydroxylation is 1. The zero-order valence-corrected chi connectivity index (χ0v) is 11.5. The lowest BCUT2D eigenvalue weighted by atomic mass is 10.0. The predicted molar refractivity (Wildman–Crippen MR) is 71.5 cm³/mol. The van der Waals surface area contributed by atoms with E-state index in [0.29, 0.717) is 12.6 Å². The first-order valence-corrected chi connectivity index (χ1v) is 6.61. The van der Waals surface area contributed by atoms with E-state index in [9.17, 15) is 0 Å². The maximum absolute atomic E-state index is 5.92. The second kappa shape index (κ2) is 4.86. The van der Waals surface area contributed by atoms with Crippen LogP contribution in [-0.2, 0) is 0 Å². The van der Waals surface area contributed by atoms with Crippen molar-refractivity contribution in [2.45, 2.75) is 31.8 Å². The van der Waals surface area contributed by atoms with Gasteiger partial charge in [0.05, 0.1) is 0 Å². The second-order valence-corrected chi connectivity index (χ2v) is 5.53. The van der Waals surface area contributed by atoms with E-state index < -0.39 is 0 Å². The zero-order chi connectivity index (χ0) is 11.7. The Kier molecular flexibility index (Phi) is 3.67. The Hall–Kier alpha value is -0.380. The van der Waals surface area contributed by atoms with Crippen LogP contribution < -0.4 is 5.73 Å². The average molecular weight is 283 g/mol. The van der Waals surface area contributed by atoms with E-state index in [-0.39, 0.29) is 0 Å². The van der Waals surface area contributed by atoms with Gasteiger partial charge < -0.3 is 5.73 Å². The molecule has 0 radical (unpaired) electrons. The second-order valence-electron chi connectivity index (χ2n) is 4.67. The van der Waals surface area contributed by atoms with Crippen LogP contribution in [0.2, 0.25) is 0 Å². The predicted octanol–water partition coefficient (Wildman–Crippen LogP) is 2.85. The minimum absolute atomic E-state index is 0.336. The van der Waals surface area contributed by atoms with Gasteiger partial charge in [0.2, 0.25) is 0 Å². The Bertz CT molecular complexity index is 374. The number of benzene rings is 1. The highest BCUT2D eigenvalue weighted by atomic mass is 79.9. The van der Waals surface area contributed by atoms with Gasteiger partial charge >= 0.3 is 0 Å². The van der Waals surface area contributed by atoms with Crippen molar-refractivity contribution in [3.8, 4) is 0 Å². The first-order chi connectivity index (χ1) is 7.63. The van der Waals surface area contributed by atoms with Gasteiger partial charge in [0.1, 0.15) is 0 Å². The highest BCUT2D eigenvalue weighted by Gasteiger charge is 2.31. The molecule has 0 spiro atoms. The number of halogens is 1. The molecule has 2 N–H and O–H groups in total. The summed E-state index contributed by atoms with van der Waals surface area (Å²) in [5, 5.41) is 0. The first-order valence-electron chi connectivity index (χ1n) is 5.81. The number of rotatable bonds is 4. The van der Waals surface area contributed by atoms with Gasteiger partial charge in [0, 0.05) is 23.1 Å². The molecule has 0 aliphatic heterocycles. The molecule has 0 amide bonds. The van der Waals surface area contributed by atoms with Gasteiger partial charge in [-0.3, -0.25) is 4.90 Å². The largest absolute Gasteiger partial charge is 0.329 e. The van der Waals surface area contributed by atoms with Crippen LogP contribution in [0.15, 0.2) is 22.7 Å². The molecule has 88 valence electrons. The number of hydrogen-bond acceptors (Lipinski definition) is 2. The smallest absolute Gasteiger partial charge is 0.0481 e. The Morgan fingerprint density at radius 2 is 2.19 bits per heavy atom. The molecule has 0 heterocycles. The minimum atomic E-state index is 0.336. The molecule has 1 saturated carbocycles. The summed E-state index contributed by atoms with van der Waals surface area (Å²) in [7, 11) is 2.18. The van der Waals surface area contributed by atoms with Crippen molar-refractivity contribution in [1.82, 2.24) is 4.90 Å². The molecular weight excluding hydrogens is 264 g/mol. The molecule has 3 heteroatoms. The molecule has 1 atom stereocenters. The highest BCUT2D eigenvalue weighted by Crippen LogP contribution is 2.35. The van der Waals surface area contributed by atoms with Gasteiger partial charge in [0.25, 0.3) is 0 Å². The van der Waals surface area contributed by atoms with Crippen molar-refractivity contribution in [1.29, 1.82) is 0 Å². The van der Waals surface area contributed by atoms with Crippen LogP contribution in [0.3, 0.4) is 0 Å². The third-order valence-corrected chi connectivity index (χ3v) is 4.04. The summed E-state index contributed by atoms with van der Waals surface area (Å²) >= 11 is 3.64. The molecule has 1 aromatic rings. The Labute approximate surface area is 106 Å². The molecule has 0 bridgehead atoms. The molecule has 1 fully saturated rings. The van der Waals surface area contributed by atoms with Crippen molar-refractivity contribution in [2.24, 2.45) is 5.73 Å². The SMILES string of the molecule is Cc1ccc(C(CN)N(C)C2CC2)c(Br)c1. The lowest BCUT2D eigenvalue weighted by Gasteiger charge is -2.28. The molecular formula is C13H19BrN2. The standard InChI is InChI=1S/C13H19BrN2/c1-9-3-6-11(12(14)7-9)13(8-15)16(2)10-4-5-10/h3,6-7,10,13H,4-5,8,15H2,1-2H3. The minimum Gasteiger partial charge on any atom is -0.329 e. The molecule has 16 heavy (non-hydrogen) atoms. The summed E-state index contributed by atoms with van der Waals surface area (Å²) in [4.78, 5) is 2.41. The fourth-order valence-corrected chi connectivity index (χ4v) is 2.91. The van der Waals surface area contributed by atoms with E-state index in [0.717, 1.165) is 6.04 Å². The average Bonchev–Trinajstić information content (AvgIpc) is 3.05. The van der Waals surface area contributed by atoms with Crippen molar-refractivity contribution >= 4 is 15.9 Å². The van der Waals surface area contributed by atoms with Gasteiger partial charge in [-0.15, -0.1) is 0 Å². The molecule has 1 unspecified atom stereocenters. The van der Waals surface area contributed by atoms with Crippen LogP contribution in [0.25, 0.3) is 0 Å². The fourth-order valence-electron chi connectivity index (χ4n) is 2.15. The Morgan fingerprint density at radius 3 is 2.69 bits per heavy atom. The van der Waals surface area contributed by atoms with E-state index >= 15 is 0 Å². The van der Waals surface area contributed by atoms with Crippen molar-refractivity contribution in [2.75, 3.05) is 13.6 Å². The summed E-state index contributed by atoms with van der Waals surface area (Å²) in [6, 6.07) is 7.59. The Balaban J connectivity index is 2.24. The number of hydrogen-bond donors (Lipinski definition) is 1. The monoisotopic (exact) mass is 282 g/mol. The maximum atomic E-state index is 5.92. The number of nitrogens with zero attached hydrogens (tertiary/aromatic N) is 1. The van der Waals surface area contributed by atoms with Crippen molar-refractivity contribution in [3.05, 3.63) is 33.8 Å². The van der Waals surface area contributed by atoms with E-state index in [1.165, 1.54) is 28.4 Å². The van der Waals surface area contributed by atoms with Gasteiger partial charge in [-0.25, -0.2) is 0 Å². The van der Waals surface area contributed by atoms with Crippen LogP contribution in [-0.4, -0.2) is 24.5 Å². The molecule has 2 rings (SSSR count). The molecule has 0 saturated heterocycles. The van der Waals surface area contributed by atoms with Gasteiger partial charge in [-0.1, -0.05) is 28.1 Å². The lowest BCUT2D eigenvalue weighted by Crippen LogP contribution is -2.32.